The molecule has 0 bridgehead atoms. The fraction of sp³-hybridized carbons (Fsp3) is 0.350. The van der Waals surface area contributed by atoms with Crippen molar-refractivity contribution in [2.45, 2.75) is 73.0 Å². The van der Waals surface area contributed by atoms with Crippen molar-refractivity contribution in [3.63, 3.8) is 0 Å². The van der Waals surface area contributed by atoms with E-state index in [-0.39, 0.29) is 32.8 Å². The van der Waals surface area contributed by atoms with Crippen LogP contribution in [0.4, 0.5) is 0 Å². The van der Waals surface area contributed by atoms with Crippen LogP contribution < -0.4 is 18.9 Å². The van der Waals surface area contributed by atoms with Crippen LogP contribution in [0.25, 0.3) is 0 Å². The third kappa shape index (κ3) is 11.1. The van der Waals surface area contributed by atoms with Crippen LogP contribution in [0.3, 0.4) is 0 Å². The number of sulfone groups is 2. The largest absolute Gasteiger partial charge is 0.492 e. The van der Waals surface area contributed by atoms with Gasteiger partial charge >= 0.3 is 0 Å². The fourth-order valence-corrected chi connectivity index (χ4v) is 7.83. The van der Waals surface area contributed by atoms with Crippen molar-refractivity contribution >= 4 is 19.7 Å². The molecule has 4 aromatic carbocycles. The molecule has 0 aliphatic carbocycles. The maximum Gasteiger partial charge on any atom is 0.210 e. The van der Waals surface area contributed by atoms with E-state index in [9.17, 15) is 16.8 Å². The molecule has 0 saturated carbocycles. The van der Waals surface area contributed by atoms with Gasteiger partial charge in [0.1, 0.15) is 46.0 Å². The monoisotopic (exact) mass is 720 g/mol. The van der Waals surface area contributed by atoms with Gasteiger partial charge in [0.2, 0.25) is 19.7 Å². The Bertz CT molecular complexity index is 1740. The van der Waals surface area contributed by atoms with Crippen molar-refractivity contribution < 1.29 is 35.8 Å². The van der Waals surface area contributed by atoms with E-state index in [2.05, 4.69) is 27.7 Å². The fourth-order valence-electron chi connectivity index (χ4n) is 5.04. The molecule has 0 saturated heterocycles. The van der Waals surface area contributed by atoms with Crippen LogP contribution in [0.5, 0.6) is 23.0 Å². The molecule has 0 aliphatic rings. The molecule has 4 rings (SSSR count). The average Bonchev–Trinajstić information content (AvgIpc) is 3.10. The minimum absolute atomic E-state index is 0.139. The van der Waals surface area contributed by atoms with Gasteiger partial charge in [0.05, 0.1) is 23.0 Å². The Morgan fingerprint density at radius 2 is 0.860 bits per heavy atom. The van der Waals surface area contributed by atoms with Crippen LogP contribution in [-0.4, -0.2) is 43.3 Å². The van der Waals surface area contributed by atoms with Crippen molar-refractivity contribution in [1.29, 1.82) is 0 Å². The van der Waals surface area contributed by atoms with Gasteiger partial charge in [-0.1, -0.05) is 52.0 Å². The summed E-state index contributed by atoms with van der Waals surface area (Å²) in [5.41, 5.74) is 0. The molecule has 0 aromatic heterocycles. The molecule has 4 aromatic rings. The Balaban J connectivity index is 1.25. The Hall–Kier alpha value is -4.28. The predicted molar refractivity (Wildman–Crippen MR) is 196 cm³/mol. The molecule has 0 N–H and O–H groups in total. The molecule has 10 heteroatoms. The van der Waals surface area contributed by atoms with E-state index in [1.54, 1.807) is 84.9 Å². The highest BCUT2D eigenvalue weighted by molar-refractivity contribution is 7.92. The number of hydrogen-bond donors (Lipinski definition) is 0. The molecule has 0 heterocycles. The second-order valence-electron chi connectivity index (χ2n) is 12.7. The summed E-state index contributed by atoms with van der Waals surface area (Å²) < 4.78 is 76.7. The zero-order valence-electron chi connectivity index (χ0n) is 29.3. The van der Waals surface area contributed by atoms with E-state index in [0.717, 1.165) is 25.7 Å². The molecule has 0 unspecified atom stereocenters. The highest BCUT2D eigenvalue weighted by Gasteiger charge is 2.23. The first-order chi connectivity index (χ1) is 24.0. The van der Waals surface area contributed by atoms with Crippen LogP contribution in [0, 0.1) is 11.8 Å². The van der Waals surface area contributed by atoms with Crippen molar-refractivity contribution in [2.24, 2.45) is 11.8 Å². The van der Waals surface area contributed by atoms with Gasteiger partial charge in [-0.3, -0.25) is 0 Å². The van der Waals surface area contributed by atoms with Gasteiger partial charge in [0, 0.05) is 0 Å². The van der Waals surface area contributed by atoms with Gasteiger partial charge in [-0.25, -0.2) is 16.8 Å². The summed E-state index contributed by atoms with van der Waals surface area (Å²) in [6.45, 7) is 9.98. The molecule has 0 amide bonds. The van der Waals surface area contributed by atoms with Crippen molar-refractivity contribution in [1.82, 2.24) is 0 Å². The van der Waals surface area contributed by atoms with E-state index in [4.69, 9.17) is 18.9 Å². The smallest absolute Gasteiger partial charge is 0.210 e. The number of para-hydroxylation sites is 2. The van der Waals surface area contributed by atoms with Crippen molar-refractivity contribution in [3.8, 4) is 23.0 Å². The van der Waals surface area contributed by atoms with E-state index in [1.165, 1.54) is 24.3 Å². The van der Waals surface area contributed by atoms with Gasteiger partial charge in [-0.05, 0) is 122 Å². The number of ether oxygens (including phenoxy) is 4. The molecular weight excluding hydrogens is 673 g/mol. The van der Waals surface area contributed by atoms with E-state index >= 15 is 0 Å². The number of benzene rings is 4. The first-order valence-electron chi connectivity index (χ1n) is 17.0. The summed E-state index contributed by atoms with van der Waals surface area (Å²) in [5.74, 6) is 2.86. The Morgan fingerprint density at radius 1 is 0.500 bits per heavy atom. The number of rotatable bonds is 20. The molecule has 0 atom stereocenters. The van der Waals surface area contributed by atoms with Gasteiger partial charge < -0.3 is 18.9 Å². The van der Waals surface area contributed by atoms with Gasteiger partial charge in [0.15, 0.2) is 0 Å². The summed E-state index contributed by atoms with van der Waals surface area (Å²) in [6, 6.07) is 26.0. The van der Waals surface area contributed by atoms with Crippen molar-refractivity contribution in [3.05, 3.63) is 109 Å². The molecule has 0 radical (unpaired) electrons. The lowest BCUT2D eigenvalue weighted by Gasteiger charge is -2.13. The van der Waals surface area contributed by atoms with E-state index in [0.29, 0.717) is 48.0 Å². The predicted octanol–water partition coefficient (Wildman–Crippen LogP) is 9.00. The molecule has 268 valence electrons. The van der Waals surface area contributed by atoms with Gasteiger partial charge in [-0.2, -0.15) is 0 Å². The third-order valence-electron chi connectivity index (χ3n) is 7.77. The standard InChI is InChI=1S/C40H48O8S2/c1-31(2)13-11-29-47-37-15-5-7-17-39(37)49(41,42)35-23-19-33(20-24-35)45-27-9-10-28-46-34-21-25-36(26-22-34)50(43,44)40-18-8-6-16-38(40)48-30-12-14-32(3)4/h5-10,15-26,31-32H,11-14,27-30H2,1-4H3. The van der Waals surface area contributed by atoms with Crippen molar-refractivity contribution in [2.75, 3.05) is 26.4 Å². The molecule has 0 spiro atoms. The minimum atomic E-state index is -3.78. The van der Waals surface area contributed by atoms with E-state index < -0.39 is 19.7 Å². The maximum atomic E-state index is 13.4. The SMILES string of the molecule is CC(C)CCCOc1ccccc1S(=O)(=O)c1ccc(OCC=CCOc2ccc(S(=O)(=O)c3ccccc3OCCCC(C)C)cc2)cc1. The molecule has 50 heavy (non-hydrogen) atoms. The third-order valence-corrected chi connectivity index (χ3v) is 11.4. The normalized spacial score (nSPS) is 12.0. The second-order valence-corrected chi connectivity index (χ2v) is 16.5. The topological polar surface area (TPSA) is 105 Å². The highest BCUT2D eigenvalue weighted by atomic mass is 32.2. The van der Waals surface area contributed by atoms with Gasteiger partial charge in [-0.15, -0.1) is 0 Å². The van der Waals surface area contributed by atoms with Crippen LogP contribution >= 0.6 is 0 Å². The first kappa shape index (κ1) is 38.5. The first-order valence-corrected chi connectivity index (χ1v) is 20.0. The summed E-state index contributed by atoms with van der Waals surface area (Å²) in [5, 5.41) is 0. The zero-order valence-corrected chi connectivity index (χ0v) is 30.9. The molecule has 0 fully saturated rings. The number of hydrogen-bond acceptors (Lipinski definition) is 8. The Labute approximate surface area is 297 Å². The maximum absolute atomic E-state index is 13.4. The quantitative estimate of drug-likeness (QED) is 0.0658. The second kappa shape index (κ2) is 18.6. The summed E-state index contributed by atoms with van der Waals surface area (Å²) >= 11 is 0. The summed E-state index contributed by atoms with van der Waals surface area (Å²) in [4.78, 5) is 0.585. The zero-order chi connectivity index (χ0) is 36.0. The lowest BCUT2D eigenvalue weighted by molar-refractivity contribution is 0.290. The lowest BCUT2D eigenvalue weighted by atomic mass is 10.1. The summed E-state index contributed by atoms with van der Waals surface area (Å²) in [6.07, 6.45) is 7.29. The highest BCUT2D eigenvalue weighted by Crippen LogP contribution is 2.32. The Kier molecular flexibility index (Phi) is 14.4. The van der Waals surface area contributed by atoms with Crippen LogP contribution in [-0.2, 0) is 19.7 Å². The van der Waals surface area contributed by atoms with Gasteiger partial charge in [0.25, 0.3) is 0 Å². The summed E-state index contributed by atoms with van der Waals surface area (Å²) in [7, 11) is -7.57. The van der Waals surface area contributed by atoms with E-state index in [1.807, 2.05) is 0 Å². The lowest BCUT2D eigenvalue weighted by Crippen LogP contribution is -2.07. The minimum Gasteiger partial charge on any atom is -0.492 e. The Morgan fingerprint density at radius 3 is 1.22 bits per heavy atom. The van der Waals surface area contributed by atoms with Crippen LogP contribution in [0.15, 0.2) is 129 Å². The molecule has 0 aliphatic heterocycles. The van der Waals surface area contributed by atoms with Crippen LogP contribution in [0.2, 0.25) is 0 Å². The molecular formula is C40H48O8S2. The van der Waals surface area contributed by atoms with Crippen LogP contribution in [0.1, 0.15) is 53.4 Å². The molecule has 8 nitrogen and oxygen atoms in total. The average molecular weight is 721 g/mol.